The van der Waals surface area contributed by atoms with Crippen LogP contribution in [0.5, 0.6) is 0 Å². The van der Waals surface area contributed by atoms with Crippen molar-refractivity contribution in [3.63, 3.8) is 0 Å². The third kappa shape index (κ3) is 5.80. The fraction of sp³-hybridized carbons (Fsp3) is 0.421. The minimum Gasteiger partial charge on any atom is -0.367 e. The molecule has 1 saturated carbocycles. The molecule has 3 rings (SSSR count). The highest BCUT2D eigenvalue weighted by Gasteiger charge is 2.36. The van der Waals surface area contributed by atoms with Gasteiger partial charge in [0.2, 0.25) is 11.9 Å². The van der Waals surface area contributed by atoms with E-state index in [0.717, 1.165) is 19.0 Å². The molecular weight excluding hydrogens is 385 g/mol. The van der Waals surface area contributed by atoms with Crippen LogP contribution in [0.4, 0.5) is 36.3 Å². The molecule has 1 aliphatic rings. The normalized spacial score (nSPS) is 19.5. The van der Waals surface area contributed by atoms with E-state index in [4.69, 9.17) is 5.73 Å². The zero-order valence-electron chi connectivity index (χ0n) is 15.9. The van der Waals surface area contributed by atoms with Crippen molar-refractivity contribution >= 4 is 29.0 Å². The summed E-state index contributed by atoms with van der Waals surface area (Å²) in [6.45, 7) is 1.40. The van der Waals surface area contributed by atoms with Crippen molar-refractivity contribution in [2.45, 2.75) is 50.9 Å². The van der Waals surface area contributed by atoms with Gasteiger partial charge in [0, 0.05) is 36.6 Å². The lowest BCUT2D eigenvalue weighted by atomic mass is 9.92. The van der Waals surface area contributed by atoms with Gasteiger partial charge in [-0.15, -0.1) is 0 Å². The van der Waals surface area contributed by atoms with Gasteiger partial charge in [0.1, 0.15) is 11.4 Å². The van der Waals surface area contributed by atoms with E-state index in [2.05, 4.69) is 25.9 Å². The van der Waals surface area contributed by atoms with E-state index in [-0.39, 0.29) is 29.8 Å². The molecule has 29 heavy (non-hydrogen) atoms. The number of anilines is 4. The highest BCUT2D eigenvalue weighted by Crippen LogP contribution is 2.35. The van der Waals surface area contributed by atoms with Crippen molar-refractivity contribution in [2.75, 3.05) is 16.0 Å². The Morgan fingerprint density at radius 3 is 2.31 bits per heavy atom. The summed E-state index contributed by atoms with van der Waals surface area (Å²) >= 11 is 0. The molecule has 7 nitrogen and oxygen atoms in total. The van der Waals surface area contributed by atoms with Gasteiger partial charge >= 0.3 is 6.18 Å². The predicted octanol–water partition coefficient (Wildman–Crippen LogP) is 3.88. The first kappa shape index (κ1) is 20.8. The van der Waals surface area contributed by atoms with Crippen molar-refractivity contribution in [1.29, 1.82) is 0 Å². The topological polar surface area (TPSA) is 105 Å². The number of nitrogens with two attached hydrogens (primary N) is 1. The second-order valence-corrected chi connectivity index (χ2v) is 7.09. The van der Waals surface area contributed by atoms with Crippen molar-refractivity contribution in [2.24, 2.45) is 5.73 Å². The molecule has 156 valence electrons. The van der Waals surface area contributed by atoms with Crippen LogP contribution in [0.1, 0.15) is 38.2 Å². The summed E-state index contributed by atoms with van der Waals surface area (Å²) in [7, 11) is 0. The molecule has 0 atom stereocenters. The Kier molecular flexibility index (Phi) is 6.21. The molecule has 5 N–H and O–H groups in total. The summed E-state index contributed by atoms with van der Waals surface area (Å²) in [4.78, 5) is 18.9. The zero-order valence-corrected chi connectivity index (χ0v) is 15.9. The number of hydrogen-bond donors (Lipinski definition) is 4. The highest BCUT2D eigenvalue weighted by molar-refractivity contribution is 5.88. The van der Waals surface area contributed by atoms with Crippen LogP contribution in [-0.2, 0) is 11.0 Å². The maximum atomic E-state index is 13.4. The molecule has 1 heterocycles. The minimum absolute atomic E-state index is 0.0419. The molecule has 1 aromatic carbocycles. The molecule has 1 fully saturated rings. The fourth-order valence-corrected chi connectivity index (χ4v) is 3.19. The minimum atomic E-state index is -4.56. The average Bonchev–Trinajstić information content (AvgIpc) is 2.64. The average molecular weight is 408 g/mol. The summed E-state index contributed by atoms with van der Waals surface area (Å²) < 4.78 is 40.1. The number of halogens is 3. The summed E-state index contributed by atoms with van der Waals surface area (Å²) in [5.41, 5.74) is 6.15. The van der Waals surface area contributed by atoms with Crippen LogP contribution in [0, 0.1) is 0 Å². The smallest absolute Gasteiger partial charge is 0.367 e. The summed E-state index contributed by atoms with van der Waals surface area (Å²) in [5, 5.41) is 8.44. The standard InChI is InChI=1S/C19H23F3N6O/c1-11(29)25-13-6-8-15(9-7-13)27-18-24-10-16(19(20,21)22)17(28-18)26-14-4-2-12(23)3-5-14/h6-10,12,14H,2-5,23H2,1H3,(H,25,29)(H2,24,26,27,28). The summed E-state index contributed by atoms with van der Waals surface area (Å²) in [6, 6.07) is 6.65. The van der Waals surface area contributed by atoms with Gasteiger partial charge in [-0.25, -0.2) is 4.98 Å². The molecular formula is C19H23F3N6O. The molecule has 0 aliphatic heterocycles. The van der Waals surface area contributed by atoms with Gasteiger partial charge in [0.15, 0.2) is 0 Å². The van der Waals surface area contributed by atoms with Gasteiger partial charge in [0.05, 0.1) is 0 Å². The van der Waals surface area contributed by atoms with Gasteiger partial charge in [-0.2, -0.15) is 18.2 Å². The third-order valence-corrected chi connectivity index (χ3v) is 4.67. The predicted molar refractivity (Wildman–Crippen MR) is 105 cm³/mol. The number of carbonyl (C=O) groups is 1. The Labute approximate surface area is 166 Å². The molecule has 1 amide bonds. The number of aromatic nitrogens is 2. The first-order chi connectivity index (χ1) is 13.7. The van der Waals surface area contributed by atoms with Crippen LogP contribution >= 0.6 is 0 Å². The molecule has 0 unspecified atom stereocenters. The molecule has 0 radical (unpaired) electrons. The lowest BCUT2D eigenvalue weighted by molar-refractivity contribution is -0.137. The van der Waals surface area contributed by atoms with Gasteiger partial charge in [-0.3, -0.25) is 4.79 Å². The van der Waals surface area contributed by atoms with Crippen LogP contribution in [0.3, 0.4) is 0 Å². The SMILES string of the molecule is CC(=O)Nc1ccc(Nc2ncc(C(F)(F)F)c(NC3CCC(N)CC3)n2)cc1. The van der Waals surface area contributed by atoms with Gasteiger partial charge < -0.3 is 21.7 Å². The number of carbonyl (C=O) groups excluding carboxylic acids is 1. The Morgan fingerprint density at radius 1 is 1.10 bits per heavy atom. The number of nitrogens with one attached hydrogen (secondary N) is 3. The third-order valence-electron chi connectivity index (χ3n) is 4.67. The van der Waals surface area contributed by atoms with Crippen LogP contribution in [-0.4, -0.2) is 28.0 Å². The monoisotopic (exact) mass is 408 g/mol. The number of nitrogens with zero attached hydrogens (tertiary/aromatic N) is 2. The van der Waals surface area contributed by atoms with Crippen LogP contribution in [0.15, 0.2) is 30.5 Å². The lowest BCUT2D eigenvalue weighted by Gasteiger charge is -2.28. The Morgan fingerprint density at radius 2 is 1.72 bits per heavy atom. The first-order valence-corrected chi connectivity index (χ1v) is 9.32. The number of rotatable bonds is 5. The second-order valence-electron chi connectivity index (χ2n) is 7.09. The van der Waals surface area contributed by atoms with Crippen LogP contribution < -0.4 is 21.7 Å². The molecule has 1 aliphatic carbocycles. The molecule has 0 bridgehead atoms. The van der Waals surface area contributed by atoms with Gasteiger partial charge in [0.25, 0.3) is 0 Å². The molecule has 2 aromatic rings. The maximum Gasteiger partial charge on any atom is 0.421 e. The number of alkyl halides is 3. The van der Waals surface area contributed by atoms with E-state index in [9.17, 15) is 18.0 Å². The Bertz CT molecular complexity index is 848. The number of amides is 1. The van der Waals surface area contributed by atoms with Crippen molar-refractivity contribution < 1.29 is 18.0 Å². The van der Waals surface area contributed by atoms with Crippen LogP contribution in [0.25, 0.3) is 0 Å². The zero-order chi connectivity index (χ0) is 21.0. The second kappa shape index (κ2) is 8.64. The summed E-state index contributed by atoms with van der Waals surface area (Å²) in [6.07, 6.45) is -0.888. The maximum absolute atomic E-state index is 13.4. The molecule has 10 heteroatoms. The van der Waals surface area contributed by atoms with E-state index in [1.54, 1.807) is 24.3 Å². The van der Waals surface area contributed by atoms with E-state index in [0.29, 0.717) is 24.2 Å². The molecule has 0 saturated heterocycles. The Balaban J connectivity index is 1.78. The quantitative estimate of drug-likeness (QED) is 0.599. The van der Waals surface area contributed by atoms with Crippen molar-refractivity contribution in [3.8, 4) is 0 Å². The van der Waals surface area contributed by atoms with E-state index >= 15 is 0 Å². The van der Waals surface area contributed by atoms with Crippen LogP contribution in [0.2, 0.25) is 0 Å². The van der Waals surface area contributed by atoms with E-state index in [1.807, 2.05) is 0 Å². The Hall–Kier alpha value is -2.88. The summed E-state index contributed by atoms with van der Waals surface area (Å²) in [5.74, 6) is -0.401. The molecule has 1 aromatic heterocycles. The number of hydrogen-bond acceptors (Lipinski definition) is 6. The molecule has 0 spiro atoms. The first-order valence-electron chi connectivity index (χ1n) is 9.32. The lowest BCUT2D eigenvalue weighted by Crippen LogP contribution is -2.33. The van der Waals surface area contributed by atoms with Crippen molar-refractivity contribution in [3.05, 3.63) is 36.0 Å². The largest absolute Gasteiger partial charge is 0.421 e. The highest BCUT2D eigenvalue weighted by atomic mass is 19.4. The van der Waals surface area contributed by atoms with Crippen molar-refractivity contribution in [1.82, 2.24) is 9.97 Å². The van der Waals surface area contributed by atoms with Gasteiger partial charge in [-0.1, -0.05) is 0 Å². The van der Waals surface area contributed by atoms with E-state index < -0.39 is 11.7 Å². The number of benzene rings is 1. The van der Waals surface area contributed by atoms with E-state index in [1.165, 1.54) is 6.92 Å². The fourth-order valence-electron chi connectivity index (χ4n) is 3.19. The van der Waals surface area contributed by atoms with Gasteiger partial charge in [-0.05, 0) is 49.9 Å².